The van der Waals surface area contributed by atoms with Crippen molar-refractivity contribution in [3.8, 4) is 0 Å². The van der Waals surface area contributed by atoms with Gasteiger partial charge in [-0.05, 0) is 36.0 Å². The minimum atomic E-state index is -0.649. The fourth-order valence-electron chi connectivity index (χ4n) is 3.47. The second kappa shape index (κ2) is 10.7. The van der Waals surface area contributed by atoms with E-state index in [9.17, 15) is 14.4 Å². The SMILES string of the molecule is CCCc1c(CCC)c(C(=O)OC)c(C(=O)OC)c(CCC)c1C(=O)OC. The molecule has 0 bridgehead atoms. The average molecular weight is 378 g/mol. The van der Waals surface area contributed by atoms with Crippen LogP contribution in [0.4, 0.5) is 0 Å². The Hall–Kier alpha value is -2.37. The van der Waals surface area contributed by atoms with Crippen LogP contribution in [0.1, 0.15) is 87.8 Å². The summed E-state index contributed by atoms with van der Waals surface area (Å²) in [5.74, 6) is -1.74. The van der Waals surface area contributed by atoms with Crippen LogP contribution in [0.25, 0.3) is 0 Å². The third-order valence-corrected chi connectivity index (χ3v) is 4.49. The molecule has 27 heavy (non-hydrogen) atoms. The first kappa shape index (κ1) is 22.7. The van der Waals surface area contributed by atoms with Crippen LogP contribution in [0.3, 0.4) is 0 Å². The van der Waals surface area contributed by atoms with Gasteiger partial charge in [0, 0.05) is 0 Å². The molecule has 0 spiro atoms. The molecule has 0 fully saturated rings. The third kappa shape index (κ3) is 4.67. The van der Waals surface area contributed by atoms with Crippen LogP contribution in [0.2, 0.25) is 0 Å². The van der Waals surface area contributed by atoms with Crippen molar-refractivity contribution >= 4 is 17.9 Å². The van der Waals surface area contributed by atoms with Gasteiger partial charge >= 0.3 is 17.9 Å². The summed E-state index contributed by atoms with van der Waals surface area (Å²) in [5, 5.41) is 0. The number of benzene rings is 1. The maximum absolute atomic E-state index is 12.7. The quantitative estimate of drug-likeness (QED) is 0.479. The molecular weight excluding hydrogens is 348 g/mol. The summed E-state index contributed by atoms with van der Waals surface area (Å²) in [4.78, 5) is 38.0. The number of hydrogen-bond acceptors (Lipinski definition) is 6. The van der Waals surface area contributed by atoms with E-state index in [1.165, 1.54) is 21.3 Å². The largest absolute Gasteiger partial charge is 0.465 e. The molecule has 0 aliphatic rings. The standard InChI is InChI=1S/C21H30O6/c1-7-10-13-14(11-8-2)17(20(23)26-5)18(21(24)27-6)15(12-9-3)16(13)19(22)25-4/h7-12H2,1-6H3. The predicted molar refractivity (Wildman–Crippen MR) is 102 cm³/mol. The topological polar surface area (TPSA) is 78.9 Å². The monoisotopic (exact) mass is 378 g/mol. The van der Waals surface area contributed by atoms with Crippen molar-refractivity contribution in [2.75, 3.05) is 21.3 Å². The number of methoxy groups -OCH3 is 3. The molecular formula is C21H30O6. The molecule has 0 N–H and O–H groups in total. The molecule has 150 valence electrons. The number of hydrogen-bond donors (Lipinski definition) is 0. The summed E-state index contributed by atoms with van der Waals surface area (Å²) in [6.07, 6.45) is 3.80. The van der Waals surface area contributed by atoms with Crippen molar-refractivity contribution in [3.63, 3.8) is 0 Å². The summed E-state index contributed by atoms with van der Waals surface area (Å²) in [5.41, 5.74) is 2.66. The zero-order chi connectivity index (χ0) is 20.6. The molecule has 0 unspecified atom stereocenters. The van der Waals surface area contributed by atoms with E-state index < -0.39 is 17.9 Å². The van der Waals surface area contributed by atoms with Crippen molar-refractivity contribution in [1.82, 2.24) is 0 Å². The van der Waals surface area contributed by atoms with Crippen molar-refractivity contribution in [2.45, 2.75) is 59.3 Å². The Morgan fingerprint density at radius 3 is 1.22 bits per heavy atom. The van der Waals surface area contributed by atoms with Crippen molar-refractivity contribution in [2.24, 2.45) is 0 Å². The van der Waals surface area contributed by atoms with Crippen LogP contribution in [-0.2, 0) is 33.5 Å². The Kier molecular flexibility index (Phi) is 8.98. The number of carbonyl (C=O) groups is 3. The van der Waals surface area contributed by atoms with E-state index in [1.807, 2.05) is 20.8 Å². The minimum Gasteiger partial charge on any atom is -0.465 e. The molecule has 0 radical (unpaired) electrons. The van der Waals surface area contributed by atoms with Crippen LogP contribution in [0, 0.1) is 0 Å². The molecule has 0 saturated heterocycles. The van der Waals surface area contributed by atoms with Gasteiger partial charge in [0.1, 0.15) is 0 Å². The van der Waals surface area contributed by atoms with Gasteiger partial charge in [-0.1, -0.05) is 40.0 Å². The van der Waals surface area contributed by atoms with Crippen LogP contribution >= 0.6 is 0 Å². The van der Waals surface area contributed by atoms with Gasteiger partial charge in [-0.2, -0.15) is 0 Å². The maximum Gasteiger partial charge on any atom is 0.339 e. The lowest BCUT2D eigenvalue weighted by atomic mass is 9.81. The lowest BCUT2D eigenvalue weighted by Gasteiger charge is -2.23. The fourth-order valence-corrected chi connectivity index (χ4v) is 3.47. The summed E-state index contributed by atoms with van der Waals surface area (Å²) in [6, 6.07) is 0. The fraction of sp³-hybridized carbons (Fsp3) is 0.571. The Morgan fingerprint density at radius 1 is 0.556 bits per heavy atom. The van der Waals surface area contributed by atoms with Gasteiger partial charge in [-0.3, -0.25) is 0 Å². The summed E-state index contributed by atoms with van der Waals surface area (Å²) in [6.45, 7) is 5.92. The molecule has 0 saturated carbocycles. The highest BCUT2D eigenvalue weighted by atomic mass is 16.5. The zero-order valence-electron chi connectivity index (χ0n) is 17.2. The van der Waals surface area contributed by atoms with E-state index in [2.05, 4.69) is 0 Å². The van der Waals surface area contributed by atoms with Gasteiger partial charge in [0.15, 0.2) is 0 Å². The van der Waals surface area contributed by atoms with E-state index in [4.69, 9.17) is 14.2 Å². The van der Waals surface area contributed by atoms with Crippen LogP contribution < -0.4 is 0 Å². The maximum atomic E-state index is 12.7. The molecule has 1 aromatic carbocycles. The smallest absolute Gasteiger partial charge is 0.339 e. The summed E-state index contributed by atoms with van der Waals surface area (Å²) < 4.78 is 15.0. The highest BCUT2D eigenvalue weighted by Gasteiger charge is 2.33. The first-order valence-electron chi connectivity index (χ1n) is 9.38. The van der Waals surface area contributed by atoms with Gasteiger partial charge in [-0.25, -0.2) is 14.4 Å². The molecule has 1 aromatic rings. The summed E-state index contributed by atoms with van der Waals surface area (Å²) >= 11 is 0. The number of carbonyl (C=O) groups excluding carboxylic acids is 3. The van der Waals surface area contributed by atoms with Gasteiger partial charge < -0.3 is 14.2 Å². The average Bonchev–Trinajstić information content (AvgIpc) is 2.68. The van der Waals surface area contributed by atoms with Crippen molar-refractivity contribution < 1.29 is 28.6 Å². The van der Waals surface area contributed by atoms with E-state index in [1.54, 1.807) is 0 Å². The van der Waals surface area contributed by atoms with E-state index in [0.717, 1.165) is 18.4 Å². The molecule has 0 heterocycles. The lowest BCUT2D eigenvalue weighted by molar-refractivity contribution is 0.0549. The third-order valence-electron chi connectivity index (χ3n) is 4.49. The molecule has 0 aromatic heterocycles. The van der Waals surface area contributed by atoms with Crippen LogP contribution in [0.5, 0.6) is 0 Å². The highest BCUT2D eigenvalue weighted by molar-refractivity contribution is 6.09. The predicted octanol–water partition coefficient (Wildman–Crippen LogP) is 3.90. The van der Waals surface area contributed by atoms with E-state index in [0.29, 0.717) is 42.4 Å². The summed E-state index contributed by atoms with van der Waals surface area (Å²) in [7, 11) is 3.86. The van der Waals surface area contributed by atoms with Crippen molar-refractivity contribution in [3.05, 3.63) is 33.4 Å². The Morgan fingerprint density at radius 2 is 0.852 bits per heavy atom. The molecule has 6 heteroatoms. The first-order valence-corrected chi connectivity index (χ1v) is 9.38. The number of rotatable bonds is 9. The molecule has 0 amide bonds. The Labute approximate surface area is 161 Å². The normalized spacial score (nSPS) is 10.4. The van der Waals surface area contributed by atoms with Crippen LogP contribution in [-0.4, -0.2) is 39.2 Å². The van der Waals surface area contributed by atoms with Crippen molar-refractivity contribution in [1.29, 1.82) is 0 Å². The first-order chi connectivity index (χ1) is 12.9. The molecule has 0 atom stereocenters. The van der Waals surface area contributed by atoms with Gasteiger partial charge in [0.25, 0.3) is 0 Å². The zero-order valence-corrected chi connectivity index (χ0v) is 17.2. The van der Waals surface area contributed by atoms with Gasteiger partial charge in [0.05, 0.1) is 38.0 Å². The minimum absolute atomic E-state index is 0.120. The van der Waals surface area contributed by atoms with Crippen LogP contribution in [0.15, 0.2) is 0 Å². The Bertz CT molecular complexity index is 705. The molecule has 0 aliphatic heterocycles. The van der Waals surface area contributed by atoms with Gasteiger partial charge in [-0.15, -0.1) is 0 Å². The molecule has 1 rings (SSSR count). The molecule has 6 nitrogen and oxygen atoms in total. The van der Waals surface area contributed by atoms with Gasteiger partial charge in [0.2, 0.25) is 0 Å². The highest BCUT2D eigenvalue weighted by Crippen LogP contribution is 2.33. The van der Waals surface area contributed by atoms with E-state index in [-0.39, 0.29) is 11.1 Å². The molecule has 0 aliphatic carbocycles. The second-order valence-corrected chi connectivity index (χ2v) is 6.29. The lowest BCUT2D eigenvalue weighted by Crippen LogP contribution is -2.24. The second-order valence-electron chi connectivity index (χ2n) is 6.29. The number of esters is 3. The van der Waals surface area contributed by atoms with E-state index >= 15 is 0 Å². The number of ether oxygens (including phenoxy) is 3. The Balaban J connectivity index is 4.18.